The Labute approximate surface area is 99.2 Å². The average Bonchev–Trinajstić information content (AvgIpc) is 2.29. The topological polar surface area (TPSA) is 72.5 Å². The number of benzene rings is 1. The van der Waals surface area contributed by atoms with Gasteiger partial charge in [0.05, 0.1) is 13.0 Å². The van der Waals surface area contributed by atoms with Crippen LogP contribution in [-0.4, -0.2) is 18.2 Å². The Morgan fingerprint density at radius 3 is 2.65 bits per heavy atom. The van der Waals surface area contributed by atoms with Gasteiger partial charge in [-0.25, -0.2) is 4.39 Å². The number of halogens is 1. The quantitative estimate of drug-likeness (QED) is 0.826. The fraction of sp³-hybridized carbons (Fsp3) is 0.417. The smallest absolute Gasteiger partial charge is 0.308 e. The minimum Gasteiger partial charge on any atom is -0.494 e. The van der Waals surface area contributed by atoms with Gasteiger partial charge in [0.15, 0.2) is 11.6 Å². The van der Waals surface area contributed by atoms with E-state index in [-0.39, 0.29) is 5.75 Å². The summed E-state index contributed by atoms with van der Waals surface area (Å²) in [5.74, 6) is -2.12. The van der Waals surface area contributed by atoms with Crippen LogP contribution in [0.5, 0.6) is 5.75 Å². The van der Waals surface area contributed by atoms with Gasteiger partial charge < -0.3 is 15.6 Å². The van der Waals surface area contributed by atoms with Crippen molar-refractivity contribution in [2.75, 3.05) is 7.11 Å². The van der Waals surface area contributed by atoms with Gasteiger partial charge in [0.1, 0.15) is 0 Å². The lowest BCUT2D eigenvalue weighted by Gasteiger charge is -2.19. The van der Waals surface area contributed by atoms with Gasteiger partial charge in [-0.1, -0.05) is 13.0 Å². The molecule has 0 bridgehead atoms. The number of carboxylic acids is 1. The second-order valence-electron chi connectivity index (χ2n) is 3.77. The van der Waals surface area contributed by atoms with Crippen LogP contribution in [-0.2, 0) is 4.79 Å². The third-order valence-corrected chi connectivity index (χ3v) is 2.75. The molecule has 0 saturated heterocycles. The molecule has 0 aliphatic rings. The third kappa shape index (κ3) is 2.94. The van der Waals surface area contributed by atoms with Gasteiger partial charge in [0, 0.05) is 6.04 Å². The van der Waals surface area contributed by atoms with E-state index in [1.807, 2.05) is 0 Å². The number of aliphatic carboxylic acids is 1. The molecule has 94 valence electrons. The maximum absolute atomic E-state index is 13.5. The number of carbonyl (C=O) groups is 1. The monoisotopic (exact) mass is 241 g/mol. The molecule has 2 unspecified atom stereocenters. The zero-order valence-corrected chi connectivity index (χ0v) is 9.81. The summed E-state index contributed by atoms with van der Waals surface area (Å²) in [6, 6.07) is 3.52. The summed E-state index contributed by atoms with van der Waals surface area (Å²) in [6.07, 6.45) is 0.393. The normalized spacial score (nSPS) is 14.1. The van der Waals surface area contributed by atoms with E-state index in [1.54, 1.807) is 13.0 Å². The summed E-state index contributed by atoms with van der Waals surface area (Å²) in [5.41, 5.74) is 6.28. The molecule has 3 N–H and O–H groups in total. The average molecular weight is 241 g/mol. The zero-order chi connectivity index (χ0) is 13.0. The van der Waals surface area contributed by atoms with Crippen LogP contribution in [0.25, 0.3) is 0 Å². The van der Waals surface area contributed by atoms with E-state index in [1.165, 1.54) is 19.2 Å². The Morgan fingerprint density at radius 2 is 2.24 bits per heavy atom. The highest BCUT2D eigenvalue weighted by atomic mass is 19.1. The molecule has 0 amide bonds. The van der Waals surface area contributed by atoms with Crippen molar-refractivity contribution in [3.8, 4) is 5.75 Å². The van der Waals surface area contributed by atoms with Crippen molar-refractivity contribution in [3.63, 3.8) is 0 Å². The van der Waals surface area contributed by atoms with Gasteiger partial charge in [0.2, 0.25) is 0 Å². The molecule has 1 aromatic carbocycles. The third-order valence-electron chi connectivity index (χ3n) is 2.75. The molecule has 0 saturated carbocycles. The Balaban J connectivity index is 2.99. The fourth-order valence-electron chi connectivity index (χ4n) is 1.70. The standard InChI is InChI=1S/C12H16FNO3/c1-3-8(12(15)16)11(14)7-4-5-10(17-2)9(13)6-7/h4-6,8,11H,3,14H2,1-2H3,(H,15,16). The molecule has 0 aliphatic heterocycles. The summed E-state index contributed by atoms with van der Waals surface area (Å²) < 4.78 is 18.2. The van der Waals surface area contributed by atoms with Crippen molar-refractivity contribution in [2.24, 2.45) is 11.7 Å². The van der Waals surface area contributed by atoms with E-state index in [0.717, 1.165) is 0 Å². The Hall–Kier alpha value is -1.62. The predicted octanol–water partition coefficient (Wildman–Crippen LogP) is 1.94. The first-order valence-electron chi connectivity index (χ1n) is 5.33. The number of ether oxygens (including phenoxy) is 1. The molecule has 0 spiro atoms. The van der Waals surface area contributed by atoms with Crippen LogP contribution >= 0.6 is 0 Å². The number of hydrogen-bond acceptors (Lipinski definition) is 3. The minimum atomic E-state index is -0.976. The molecule has 1 aromatic rings. The molecule has 4 nitrogen and oxygen atoms in total. The molecule has 0 aromatic heterocycles. The maximum atomic E-state index is 13.5. The minimum absolute atomic E-state index is 0.115. The molecule has 0 fully saturated rings. The highest BCUT2D eigenvalue weighted by molar-refractivity contribution is 5.71. The van der Waals surface area contributed by atoms with Gasteiger partial charge in [-0.2, -0.15) is 0 Å². The first-order chi connectivity index (χ1) is 8.01. The van der Waals surface area contributed by atoms with Crippen LogP contribution < -0.4 is 10.5 Å². The Kier molecular flexibility index (Phi) is 4.45. The number of rotatable bonds is 5. The largest absolute Gasteiger partial charge is 0.494 e. The van der Waals surface area contributed by atoms with Crippen LogP contribution in [0.4, 0.5) is 4.39 Å². The van der Waals surface area contributed by atoms with E-state index in [0.29, 0.717) is 12.0 Å². The van der Waals surface area contributed by atoms with E-state index >= 15 is 0 Å². The van der Waals surface area contributed by atoms with Gasteiger partial charge in [0.25, 0.3) is 0 Å². The van der Waals surface area contributed by atoms with E-state index < -0.39 is 23.7 Å². The summed E-state index contributed by atoms with van der Waals surface area (Å²) in [6.45, 7) is 1.73. The zero-order valence-electron chi connectivity index (χ0n) is 9.81. The fourth-order valence-corrected chi connectivity index (χ4v) is 1.70. The molecule has 5 heteroatoms. The number of carboxylic acid groups (broad SMARTS) is 1. The lowest BCUT2D eigenvalue weighted by Crippen LogP contribution is -2.27. The van der Waals surface area contributed by atoms with Gasteiger partial charge in [-0.15, -0.1) is 0 Å². The molecule has 0 heterocycles. The summed E-state index contributed by atoms with van der Waals surface area (Å²) in [7, 11) is 1.37. The Bertz CT molecular complexity index is 409. The van der Waals surface area contributed by atoms with Gasteiger partial charge in [-0.05, 0) is 24.1 Å². The van der Waals surface area contributed by atoms with Crippen molar-refractivity contribution >= 4 is 5.97 Å². The summed E-state index contributed by atoms with van der Waals surface area (Å²) in [5, 5.41) is 8.98. The summed E-state index contributed by atoms with van der Waals surface area (Å²) in [4.78, 5) is 11.0. The number of hydrogen-bond donors (Lipinski definition) is 2. The molecular weight excluding hydrogens is 225 g/mol. The van der Waals surface area contributed by atoms with Crippen molar-refractivity contribution < 1.29 is 19.0 Å². The molecule has 0 aliphatic carbocycles. The first-order valence-corrected chi connectivity index (χ1v) is 5.33. The predicted molar refractivity (Wildman–Crippen MR) is 61.3 cm³/mol. The summed E-state index contributed by atoms with van der Waals surface area (Å²) >= 11 is 0. The lowest BCUT2D eigenvalue weighted by atomic mass is 9.91. The van der Waals surface area contributed by atoms with Gasteiger partial charge >= 0.3 is 5.97 Å². The van der Waals surface area contributed by atoms with Crippen LogP contribution in [0.15, 0.2) is 18.2 Å². The molecule has 17 heavy (non-hydrogen) atoms. The lowest BCUT2D eigenvalue weighted by molar-refractivity contribution is -0.142. The maximum Gasteiger partial charge on any atom is 0.308 e. The van der Waals surface area contributed by atoms with Crippen molar-refractivity contribution in [2.45, 2.75) is 19.4 Å². The van der Waals surface area contributed by atoms with Crippen LogP contribution in [0.2, 0.25) is 0 Å². The Morgan fingerprint density at radius 1 is 1.59 bits per heavy atom. The first kappa shape index (κ1) is 13.4. The van der Waals surface area contributed by atoms with Crippen molar-refractivity contribution in [1.29, 1.82) is 0 Å². The van der Waals surface area contributed by atoms with Crippen LogP contribution in [0.3, 0.4) is 0 Å². The van der Waals surface area contributed by atoms with Crippen molar-refractivity contribution in [3.05, 3.63) is 29.6 Å². The van der Waals surface area contributed by atoms with Crippen molar-refractivity contribution in [1.82, 2.24) is 0 Å². The van der Waals surface area contributed by atoms with Crippen LogP contribution in [0.1, 0.15) is 24.9 Å². The van der Waals surface area contributed by atoms with E-state index in [9.17, 15) is 9.18 Å². The SMILES string of the molecule is CCC(C(=O)O)C(N)c1ccc(OC)c(F)c1. The van der Waals surface area contributed by atoms with Crippen LogP contribution in [0, 0.1) is 11.7 Å². The number of methoxy groups -OCH3 is 1. The highest BCUT2D eigenvalue weighted by Gasteiger charge is 2.25. The number of nitrogens with two attached hydrogens (primary N) is 1. The van der Waals surface area contributed by atoms with Gasteiger partial charge in [-0.3, -0.25) is 4.79 Å². The second-order valence-corrected chi connectivity index (χ2v) is 3.77. The molecule has 2 atom stereocenters. The highest BCUT2D eigenvalue weighted by Crippen LogP contribution is 2.26. The molecule has 0 radical (unpaired) electrons. The van der Waals surface area contributed by atoms with E-state index in [2.05, 4.69) is 0 Å². The molecular formula is C12H16FNO3. The molecule has 1 rings (SSSR count). The van der Waals surface area contributed by atoms with E-state index in [4.69, 9.17) is 15.6 Å². The second kappa shape index (κ2) is 5.63.